The fourth-order valence-corrected chi connectivity index (χ4v) is 3.68. The smallest absolute Gasteiger partial charge is 0.325 e. The second-order valence-electron chi connectivity index (χ2n) is 8.66. The van der Waals surface area contributed by atoms with Crippen LogP contribution < -0.4 is 10.6 Å². The summed E-state index contributed by atoms with van der Waals surface area (Å²) < 4.78 is 5.22. The predicted molar refractivity (Wildman–Crippen MR) is 120 cm³/mol. The van der Waals surface area contributed by atoms with Crippen molar-refractivity contribution >= 4 is 29.4 Å². The highest BCUT2D eigenvalue weighted by Crippen LogP contribution is 2.32. The Morgan fingerprint density at radius 2 is 1.56 bits per heavy atom. The Kier molecular flexibility index (Phi) is 12.7. The van der Waals surface area contributed by atoms with Gasteiger partial charge in [0.15, 0.2) is 5.79 Å². The molecule has 13 heteroatoms. The molecule has 198 valence electrons. The van der Waals surface area contributed by atoms with Gasteiger partial charge in [-0.15, -0.1) is 11.6 Å². The molecule has 0 spiro atoms. The van der Waals surface area contributed by atoms with Crippen molar-refractivity contribution in [2.24, 2.45) is 0 Å². The number of alkyl halides is 1. The number of halogens is 1. The first-order valence-corrected chi connectivity index (χ1v) is 11.8. The number of carboxylic acid groups (broad SMARTS) is 1. The van der Waals surface area contributed by atoms with Crippen molar-refractivity contribution < 1.29 is 49.8 Å². The van der Waals surface area contributed by atoms with Gasteiger partial charge in [0.25, 0.3) is 0 Å². The third kappa shape index (κ3) is 8.91. The Labute approximate surface area is 203 Å². The summed E-state index contributed by atoms with van der Waals surface area (Å²) in [5.41, 5.74) is 0. The molecule has 8 N–H and O–H groups in total. The zero-order valence-electron chi connectivity index (χ0n) is 19.4. The van der Waals surface area contributed by atoms with Gasteiger partial charge in [-0.25, -0.2) is 0 Å². The zero-order chi connectivity index (χ0) is 26.1. The highest BCUT2D eigenvalue weighted by Gasteiger charge is 2.51. The second-order valence-corrected chi connectivity index (χ2v) is 9.32. The van der Waals surface area contributed by atoms with E-state index in [-0.39, 0.29) is 12.8 Å². The number of aliphatic hydroxyl groups excluding tert-OH is 4. The zero-order valence-corrected chi connectivity index (χ0v) is 20.1. The number of amides is 2. The van der Waals surface area contributed by atoms with Crippen molar-refractivity contribution in [3.63, 3.8) is 0 Å². The molecule has 0 aliphatic carbocycles. The number of carbonyl (C=O) groups excluding carboxylic acids is 2. The van der Waals surface area contributed by atoms with Crippen LogP contribution in [0.15, 0.2) is 0 Å². The molecule has 0 aromatic heterocycles. The third-order valence-electron chi connectivity index (χ3n) is 5.80. The average molecular weight is 513 g/mol. The van der Waals surface area contributed by atoms with Gasteiger partial charge in [0.2, 0.25) is 11.8 Å². The molecule has 1 saturated heterocycles. The first-order valence-electron chi connectivity index (χ1n) is 11.4. The summed E-state index contributed by atoms with van der Waals surface area (Å²) in [5, 5.41) is 62.4. The number of ether oxygens (including phenoxy) is 1. The molecule has 1 aliphatic heterocycles. The first kappa shape index (κ1) is 30.5. The maximum Gasteiger partial charge on any atom is 0.325 e. The Morgan fingerprint density at radius 1 is 0.971 bits per heavy atom. The van der Waals surface area contributed by atoms with Crippen molar-refractivity contribution in [1.29, 1.82) is 0 Å². The monoisotopic (exact) mass is 512 g/mol. The summed E-state index contributed by atoms with van der Waals surface area (Å²) in [7, 11) is 0. The van der Waals surface area contributed by atoms with Gasteiger partial charge in [0.05, 0.1) is 6.61 Å². The molecule has 1 heterocycles. The van der Waals surface area contributed by atoms with Crippen molar-refractivity contribution in [3.05, 3.63) is 0 Å². The van der Waals surface area contributed by atoms with Crippen molar-refractivity contribution in [1.82, 2.24) is 10.6 Å². The minimum absolute atomic E-state index is 0.0315. The van der Waals surface area contributed by atoms with Crippen LogP contribution in [0.25, 0.3) is 0 Å². The van der Waals surface area contributed by atoms with E-state index in [1.165, 1.54) is 13.8 Å². The third-order valence-corrected chi connectivity index (χ3v) is 6.00. The minimum Gasteiger partial charge on any atom is -0.480 e. The fourth-order valence-electron chi connectivity index (χ4n) is 3.62. The van der Waals surface area contributed by atoms with Crippen LogP contribution in [-0.2, 0) is 19.1 Å². The maximum absolute atomic E-state index is 12.4. The van der Waals surface area contributed by atoms with E-state index >= 15 is 0 Å². The lowest BCUT2D eigenvalue weighted by molar-refractivity contribution is -0.351. The van der Waals surface area contributed by atoms with Gasteiger partial charge in [-0.2, -0.15) is 0 Å². The van der Waals surface area contributed by atoms with Gasteiger partial charge in [0, 0.05) is 6.42 Å². The number of aliphatic carboxylic acids is 1. The van der Waals surface area contributed by atoms with Crippen LogP contribution in [-0.4, -0.2) is 103 Å². The number of rotatable bonds is 14. The van der Waals surface area contributed by atoms with Gasteiger partial charge in [-0.05, 0) is 26.7 Å². The van der Waals surface area contributed by atoms with E-state index in [1.807, 2.05) is 0 Å². The molecule has 1 aliphatic rings. The number of hydrogen-bond acceptors (Lipinski definition) is 9. The Bertz CT molecular complexity index is 680. The van der Waals surface area contributed by atoms with E-state index < -0.39 is 72.1 Å². The van der Waals surface area contributed by atoms with Gasteiger partial charge < -0.3 is 46.0 Å². The molecular weight excluding hydrogens is 476 g/mol. The lowest BCUT2D eigenvalue weighted by atomic mass is 9.89. The summed E-state index contributed by atoms with van der Waals surface area (Å²) in [4.78, 5) is 35.2. The van der Waals surface area contributed by atoms with Gasteiger partial charge >= 0.3 is 5.97 Å². The average Bonchev–Trinajstić information content (AvgIpc) is 2.78. The number of carboxylic acids is 1. The first-order chi connectivity index (χ1) is 15.8. The van der Waals surface area contributed by atoms with E-state index in [2.05, 4.69) is 10.6 Å². The molecule has 0 aromatic carbocycles. The van der Waals surface area contributed by atoms with E-state index in [4.69, 9.17) is 21.4 Å². The Hall–Kier alpha value is -1.54. The maximum atomic E-state index is 12.4. The molecule has 0 radical (unpaired) electrons. The van der Waals surface area contributed by atoms with Gasteiger partial charge in [-0.1, -0.05) is 25.7 Å². The molecule has 0 saturated carbocycles. The van der Waals surface area contributed by atoms with Crippen molar-refractivity contribution in [2.75, 3.05) is 6.61 Å². The number of unbranched alkanes of at least 4 members (excludes halogenated alkanes) is 4. The summed E-state index contributed by atoms with van der Waals surface area (Å²) >= 11 is 5.74. The molecule has 34 heavy (non-hydrogen) atoms. The number of aliphatic hydroxyl groups is 5. The van der Waals surface area contributed by atoms with Crippen molar-refractivity contribution in [3.8, 4) is 0 Å². The van der Waals surface area contributed by atoms with Crippen molar-refractivity contribution in [2.45, 2.75) is 106 Å². The van der Waals surface area contributed by atoms with E-state index in [1.54, 1.807) is 0 Å². The lowest BCUT2D eigenvalue weighted by Crippen LogP contribution is -2.65. The standard InChI is InChI=1S/C21H37ClN2O10/c1-11(22)18(29)24-13(19(30)23-12(2)20(31)32)8-6-4-3-5-7-9-21(33)17(28)16(27)15(26)14(10-25)34-21/h11-17,25-28,33H,3-10H2,1-2H3,(H,23,30)(H,24,29)(H,31,32)/t11-,12-,13-,14+,15-,16-,17+,21?/m0/s1. The Balaban J connectivity index is 2.47. The second kappa shape index (κ2) is 14.1. The number of carbonyl (C=O) groups is 3. The number of nitrogens with one attached hydrogen (secondary N) is 2. The topological polar surface area (TPSA) is 206 Å². The van der Waals surface area contributed by atoms with Crippen LogP contribution in [0.2, 0.25) is 0 Å². The van der Waals surface area contributed by atoms with Crippen LogP contribution in [0.5, 0.6) is 0 Å². The summed E-state index contributed by atoms with van der Waals surface area (Å²) in [6.45, 7) is 2.13. The molecular formula is C21H37ClN2O10. The van der Waals surface area contributed by atoms with Crippen LogP contribution in [0.1, 0.15) is 58.8 Å². The molecule has 0 bridgehead atoms. The lowest BCUT2D eigenvalue weighted by Gasteiger charge is -2.45. The van der Waals surface area contributed by atoms with E-state index in [9.17, 15) is 39.9 Å². The highest BCUT2D eigenvalue weighted by atomic mass is 35.5. The summed E-state index contributed by atoms with van der Waals surface area (Å²) in [6, 6.07) is -2.06. The summed E-state index contributed by atoms with van der Waals surface area (Å²) in [5.74, 6) is -4.47. The molecule has 2 amide bonds. The van der Waals surface area contributed by atoms with Crippen LogP contribution in [0.4, 0.5) is 0 Å². The molecule has 12 nitrogen and oxygen atoms in total. The molecule has 0 aromatic rings. The molecule has 1 fully saturated rings. The highest BCUT2D eigenvalue weighted by molar-refractivity contribution is 6.30. The summed E-state index contributed by atoms with van der Waals surface area (Å²) in [6.07, 6.45) is -3.00. The normalized spacial score (nSPS) is 29.6. The van der Waals surface area contributed by atoms with E-state index in [0.29, 0.717) is 32.1 Å². The number of hydrogen-bond donors (Lipinski definition) is 8. The molecule has 8 atom stereocenters. The predicted octanol–water partition coefficient (Wildman–Crippen LogP) is -1.42. The van der Waals surface area contributed by atoms with E-state index in [0.717, 1.165) is 0 Å². The Morgan fingerprint density at radius 3 is 2.12 bits per heavy atom. The van der Waals surface area contributed by atoms with Gasteiger partial charge in [0.1, 0.15) is 41.9 Å². The fraction of sp³-hybridized carbons (Fsp3) is 0.857. The SMILES string of the molecule is C[C@H](Cl)C(=O)N[C@@H](CCCCCCCC1(O)O[C@H](CO)[C@H](O)[C@H](O)[C@H]1O)C(=O)N[C@@H](C)C(=O)O. The molecule has 1 unspecified atom stereocenters. The largest absolute Gasteiger partial charge is 0.480 e. The van der Waals surface area contributed by atoms with Gasteiger partial charge in [-0.3, -0.25) is 14.4 Å². The minimum atomic E-state index is -2.10. The van der Waals surface area contributed by atoms with Crippen LogP contribution >= 0.6 is 11.6 Å². The van der Waals surface area contributed by atoms with Crippen LogP contribution in [0.3, 0.4) is 0 Å². The quantitative estimate of drug-likeness (QED) is 0.101. The molecule has 1 rings (SSSR count). The van der Waals surface area contributed by atoms with Crippen LogP contribution in [0, 0.1) is 0 Å².